The number of nitrogens with zero attached hydrogens (tertiary/aromatic N) is 1. The molecule has 3 rings (SSSR count). The van der Waals surface area contributed by atoms with Crippen LogP contribution in [0.25, 0.3) is 0 Å². The molecule has 1 amide bonds. The van der Waals surface area contributed by atoms with Crippen molar-refractivity contribution >= 4 is 28.8 Å². The van der Waals surface area contributed by atoms with Crippen molar-refractivity contribution in [1.29, 1.82) is 0 Å². The molecule has 1 aromatic rings. The van der Waals surface area contributed by atoms with Crippen LogP contribution < -0.4 is 5.73 Å². The monoisotopic (exact) mass is 344 g/mol. The van der Waals surface area contributed by atoms with E-state index in [1.807, 2.05) is 4.90 Å². The standard InChI is InChI=1S/C15H21ClN2O3S/c16-13-2-1-10(22-13)14(20)18-6-3-15(4-7-18)11(19)9-12(15)21-8-5-17/h1-2,11-12,19H,3-9,17H2/t11-,12+/m0/s1. The number of aliphatic hydroxyl groups excluding tert-OH is 1. The normalized spacial score (nSPS) is 27.0. The van der Waals surface area contributed by atoms with Crippen molar-refractivity contribution in [1.82, 2.24) is 4.90 Å². The van der Waals surface area contributed by atoms with Crippen LogP contribution in [0.1, 0.15) is 28.9 Å². The van der Waals surface area contributed by atoms with E-state index in [4.69, 9.17) is 22.1 Å². The Kier molecular flexibility index (Phi) is 4.75. The van der Waals surface area contributed by atoms with Gasteiger partial charge in [-0.3, -0.25) is 4.79 Å². The zero-order valence-electron chi connectivity index (χ0n) is 12.3. The van der Waals surface area contributed by atoms with E-state index in [1.54, 1.807) is 12.1 Å². The molecule has 1 aromatic heterocycles. The van der Waals surface area contributed by atoms with Crippen LogP contribution in [0.2, 0.25) is 4.34 Å². The Morgan fingerprint density at radius 2 is 2.23 bits per heavy atom. The van der Waals surface area contributed by atoms with Crippen LogP contribution in [-0.4, -0.2) is 54.4 Å². The lowest BCUT2D eigenvalue weighted by molar-refractivity contribution is -0.207. The summed E-state index contributed by atoms with van der Waals surface area (Å²) in [5.74, 6) is 0.0278. The number of hydrogen-bond donors (Lipinski definition) is 2. The highest BCUT2D eigenvalue weighted by Crippen LogP contribution is 2.51. The Balaban J connectivity index is 1.61. The van der Waals surface area contributed by atoms with Gasteiger partial charge in [0.1, 0.15) is 0 Å². The number of thiophene rings is 1. The van der Waals surface area contributed by atoms with Crippen LogP contribution in [0.3, 0.4) is 0 Å². The summed E-state index contributed by atoms with van der Waals surface area (Å²) in [4.78, 5) is 15.0. The number of ether oxygens (including phenoxy) is 1. The lowest BCUT2D eigenvalue weighted by Crippen LogP contribution is -2.62. The number of aliphatic hydroxyl groups is 1. The maximum absolute atomic E-state index is 12.4. The molecule has 5 nitrogen and oxygen atoms in total. The van der Waals surface area contributed by atoms with Gasteiger partial charge in [-0.1, -0.05) is 11.6 Å². The molecule has 122 valence electrons. The first kappa shape index (κ1) is 16.2. The zero-order valence-corrected chi connectivity index (χ0v) is 13.9. The fourth-order valence-corrected chi connectivity index (χ4v) is 4.55. The topological polar surface area (TPSA) is 75.8 Å². The number of halogens is 1. The van der Waals surface area contributed by atoms with Crippen molar-refractivity contribution in [3.05, 3.63) is 21.3 Å². The van der Waals surface area contributed by atoms with E-state index in [1.165, 1.54) is 11.3 Å². The Labute approximate surface area is 139 Å². The van der Waals surface area contributed by atoms with Crippen LogP contribution in [0.5, 0.6) is 0 Å². The Bertz CT molecular complexity index is 543. The average molecular weight is 345 g/mol. The van der Waals surface area contributed by atoms with Gasteiger partial charge in [-0.15, -0.1) is 11.3 Å². The molecule has 0 radical (unpaired) electrons. The van der Waals surface area contributed by atoms with E-state index in [-0.39, 0.29) is 23.5 Å². The number of nitrogens with two attached hydrogens (primary N) is 1. The fourth-order valence-electron chi connectivity index (χ4n) is 3.54. The van der Waals surface area contributed by atoms with Gasteiger partial charge in [0.2, 0.25) is 0 Å². The molecule has 2 aliphatic rings. The largest absolute Gasteiger partial charge is 0.392 e. The summed E-state index contributed by atoms with van der Waals surface area (Å²) in [6, 6.07) is 3.52. The van der Waals surface area contributed by atoms with Gasteiger partial charge in [0.15, 0.2) is 0 Å². The third-order valence-corrected chi connectivity index (χ3v) is 6.16. The smallest absolute Gasteiger partial charge is 0.263 e. The number of piperidine rings is 1. The summed E-state index contributed by atoms with van der Waals surface area (Å²) in [5, 5.41) is 10.2. The molecule has 1 saturated carbocycles. The molecule has 22 heavy (non-hydrogen) atoms. The van der Waals surface area contributed by atoms with Gasteiger partial charge >= 0.3 is 0 Å². The summed E-state index contributed by atoms with van der Waals surface area (Å²) < 4.78 is 6.40. The maximum Gasteiger partial charge on any atom is 0.263 e. The van der Waals surface area contributed by atoms with Gasteiger partial charge in [0.25, 0.3) is 5.91 Å². The zero-order chi connectivity index (χ0) is 15.7. The predicted octanol–water partition coefficient (Wildman–Crippen LogP) is 1.73. The number of carbonyl (C=O) groups excluding carboxylic acids is 1. The summed E-state index contributed by atoms with van der Waals surface area (Å²) in [5.41, 5.74) is 5.29. The van der Waals surface area contributed by atoms with Crippen LogP contribution >= 0.6 is 22.9 Å². The number of amides is 1. The minimum Gasteiger partial charge on any atom is -0.392 e. The van der Waals surface area contributed by atoms with Crippen molar-refractivity contribution in [3.63, 3.8) is 0 Å². The minimum atomic E-state index is -0.330. The summed E-state index contributed by atoms with van der Waals surface area (Å²) in [6.07, 6.45) is 1.96. The number of rotatable bonds is 4. The third-order valence-electron chi connectivity index (χ3n) is 4.94. The molecule has 1 aliphatic carbocycles. The van der Waals surface area contributed by atoms with E-state index in [0.29, 0.717) is 41.9 Å². The second-order valence-corrected chi connectivity index (χ2v) is 7.74. The number of hydrogen-bond acceptors (Lipinski definition) is 5. The first-order valence-electron chi connectivity index (χ1n) is 7.61. The quantitative estimate of drug-likeness (QED) is 0.872. The first-order chi connectivity index (χ1) is 10.6. The minimum absolute atomic E-state index is 0.0278. The Hall–Kier alpha value is -0.660. The van der Waals surface area contributed by atoms with Crippen LogP contribution in [0.4, 0.5) is 0 Å². The van der Waals surface area contributed by atoms with E-state index in [2.05, 4.69) is 0 Å². The molecule has 2 atom stereocenters. The predicted molar refractivity (Wildman–Crippen MR) is 86.3 cm³/mol. The van der Waals surface area contributed by atoms with Crippen LogP contribution in [-0.2, 0) is 4.74 Å². The number of carbonyl (C=O) groups is 1. The lowest BCUT2D eigenvalue weighted by atomic mass is 9.58. The van der Waals surface area contributed by atoms with Crippen molar-refractivity contribution in [2.24, 2.45) is 11.1 Å². The highest BCUT2D eigenvalue weighted by molar-refractivity contribution is 7.17. The van der Waals surface area contributed by atoms with Gasteiger partial charge < -0.3 is 20.5 Å². The van der Waals surface area contributed by atoms with E-state index < -0.39 is 0 Å². The van der Waals surface area contributed by atoms with E-state index >= 15 is 0 Å². The maximum atomic E-state index is 12.4. The van der Waals surface area contributed by atoms with Crippen molar-refractivity contribution in [2.45, 2.75) is 31.5 Å². The third kappa shape index (κ3) is 2.78. The second kappa shape index (κ2) is 6.45. The SMILES string of the molecule is NCCO[C@@H]1C[C@H](O)C12CCN(C(=O)c1ccc(Cl)s1)CC2. The molecule has 1 spiro atoms. The van der Waals surface area contributed by atoms with Crippen molar-refractivity contribution in [3.8, 4) is 0 Å². The van der Waals surface area contributed by atoms with Crippen LogP contribution in [0, 0.1) is 5.41 Å². The first-order valence-corrected chi connectivity index (χ1v) is 8.80. The molecular formula is C15H21ClN2O3S. The van der Waals surface area contributed by atoms with Crippen molar-refractivity contribution < 1.29 is 14.6 Å². The Morgan fingerprint density at radius 3 is 2.77 bits per heavy atom. The highest BCUT2D eigenvalue weighted by Gasteiger charge is 2.56. The molecule has 2 fully saturated rings. The molecule has 0 unspecified atom stereocenters. The Morgan fingerprint density at radius 1 is 1.50 bits per heavy atom. The van der Waals surface area contributed by atoms with E-state index in [9.17, 15) is 9.90 Å². The summed E-state index contributed by atoms with van der Waals surface area (Å²) in [6.45, 7) is 2.31. The molecule has 3 N–H and O–H groups in total. The lowest BCUT2D eigenvalue weighted by Gasteiger charge is -2.56. The average Bonchev–Trinajstić information content (AvgIpc) is 2.97. The highest BCUT2D eigenvalue weighted by atomic mass is 35.5. The second-order valence-electron chi connectivity index (χ2n) is 6.03. The van der Waals surface area contributed by atoms with Crippen molar-refractivity contribution in [2.75, 3.05) is 26.2 Å². The molecule has 1 saturated heterocycles. The molecule has 0 bridgehead atoms. The van der Waals surface area contributed by atoms with Gasteiger partial charge in [-0.2, -0.15) is 0 Å². The molecule has 0 aromatic carbocycles. The van der Waals surface area contributed by atoms with Crippen LogP contribution in [0.15, 0.2) is 12.1 Å². The fraction of sp³-hybridized carbons (Fsp3) is 0.667. The molecule has 7 heteroatoms. The van der Waals surface area contributed by atoms with E-state index in [0.717, 1.165) is 12.8 Å². The summed E-state index contributed by atoms with van der Waals surface area (Å²) in [7, 11) is 0. The van der Waals surface area contributed by atoms with Gasteiger partial charge in [-0.05, 0) is 25.0 Å². The molecule has 2 heterocycles. The van der Waals surface area contributed by atoms with Gasteiger partial charge in [0.05, 0.1) is 28.0 Å². The summed E-state index contributed by atoms with van der Waals surface area (Å²) >= 11 is 7.20. The molecule has 1 aliphatic heterocycles. The van der Waals surface area contributed by atoms with Gasteiger partial charge in [0, 0.05) is 31.5 Å². The molecular weight excluding hydrogens is 324 g/mol. The van der Waals surface area contributed by atoms with Gasteiger partial charge in [-0.25, -0.2) is 0 Å². The number of likely N-dealkylation sites (tertiary alicyclic amines) is 1.